The molecule has 2 heterocycles. The van der Waals surface area contributed by atoms with E-state index in [1.54, 1.807) is 0 Å². The van der Waals surface area contributed by atoms with E-state index < -0.39 is 0 Å². The number of rotatable bonds is 4. The molecule has 1 amide bonds. The van der Waals surface area contributed by atoms with Crippen LogP contribution in [-0.2, 0) is 11.3 Å². The van der Waals surface area contributed by atoms with Crippen molar-refractivity contribution in [2.75, 3.05) is 26.2 Å². The second-order valence-corrected chi connectivity index (χ2v) is 7.89. The first kappa shape index (κ1) is 18.4. The summed E-state index contributed by atoms with van der Waals surface area (Å²) in [5.74, 6) is 1.80. The first-order valence-corrected chi connectivity index (χ1v) is 10.2. The van der Waals surface area contributed by atoms with Crippen LogP contribution < -0.4 is 0 Å². The normalized spacial score (nSPS) is 19.4. The quantitative estimate of drug-likeness (QED) is 0.800. The van der Waals surface area contributed by atoms with Gasteiger partial charge in [-0.3, -0.25) is 9.69 Å². The molecule has 1 aliphatic carbocycles. The van der Waals surface area contributed by atoms with Gasteiger partial charge in [0.2, 0.25) is 17.6 Å². The van der Waals surface area contributed by atoms with Crippen molar-refractivity contribution in [2.45, 2.75) is 38.6 Å². The number of hydrogen-bond donors (Lipinski definition) is 0. The summed E-state index contributed by atoms with van der Waals surface area (Å²) in [4.78, 5) is 21.5. The summed E-state index contributed by atoms with van der Waals surface area (Å²) in [6.07, 6.45) is 5.51. The van der Waals surface area contributed by atoms with Crippen LogP contribution in [0.3, 0.4) is 0 Å². The highest BCUT2D eigenvalue weighted by Crippen LogP contribution is 2.27. The number of aromatic nitrogens is 2. The number of amides is 1. The molecule has 0 unspecified atom stereocenters. The average Bonchev–Trinajstić information content (AvgIpc) is 3.31. The van der Waals surface area contributed by atoms with Gasteiger partial charge in [-0.25, -0.2) is 0 Å². The topological polar surface area (TPSA) is 62.5 Å². The lowest BCUT2D eigenvalue weighted by atomic mass is 10.1. The van der Waals surface area contributed by atoms with Crippen LogP contribution in [0.2, 0.25) is 5.02 Å². The van der Waals surface area contributed by atoms with Crippen molar-refractivity contribution in [2.24, 2.45) is 5.92 Å². The molecular weight excluding hydrogens is 364 g/mol. The maximum Gasteiger partial charge on any atom is 0.241 e. The highest BCUT2D eigenvalue weighted by molar-refractivity contribution is 6.30. The second kappa shape index (κ2) is 8.40. The van der Waals surface area contributed by atoms with E-state index in [1.165, 1.54) is 12.8 Å². The molecule has 4 rings (SSSR count). The third kappa shape index (κ3) is 4.50. The molecule has 1 saturated heterocycles. The van der Waals surface area contributed by atoms with Crippen molar-refractivity contribution >= 4 is 17.5 Å². The zero-order valence-corrected chi connectivity index (χ0v) is 16.2. The maximum atomic E-state index is 12.7. The lowest BCUT2D eigenvalue weighted by molar-refractivity contribution is -0.135. The molecule has 1 aliphatic heterocycles. The van der Waals surface area contributed by atoms with Crippen LogP contribution >= 0.6 is 11.6 Å². The molecule has 1 saturated carbocycles. The molecule has 0 bridgehead atoms. The molecule has 0 atom stereocenters. The molecule has 2 aromatic rings. The number of nitrogens with zero attached hydrogens (tertiary/aromatic N) is 4. The molecule has 1 aromatic carbocycles. The summed E-state index contributed by atoms with van der Waals surface area (Å²) < 4.78 is 5.43. The van der Waals surface area contributed by atoms with Gasteiger partial charge in [-0.15, -0.1) is 0 Å². The smallest absolute Gasteiger partial charge is 0.241 e. The fourth-order valence-electron chi connectivity index (χ4n) is 4.01. The third-order valence-corrected chi connectivity index (χ3v) is 5.79. The van der Waals surface area contributed by atoms with Gasteiger partial charge >= 0.3 is 0 Å². The minimum absolute atomic E-state index is 0.259. The number of hydrogen-bond acceptors (Lipinski definition) is 5. The van der Waals surface area contributed by atoms with E-state index in [9.17, 15) is 4.79 Å². The van der Waals surface area contributed by atoms with Crippen molar-refractivity contribution in [3.63, 3.8) is 0 Å². The van der Waals surface area contributed by atoms with Crippen LogP contribution in [0.15, 0.2) is 28.8 Å². The van der Waals surface area contributed by atoms with Crippen molar-refractivity contribution in [1.82, 2.24) is 19.9 Å². The van der Waals surface area contributed by atoms with E-state index in [0.29, 0.717) is 29.2 Å². The highest BCUT2D eigenvalue weighted by Gasteiger charge is 2.28. The Bertz CT molecular complexity index is 771. The minimum atomic E-state index is 0.259. The van der Waals surface area contributed by atoms with Gasteiger partial charge in [0, 0.05) is 42.7 Å². The Hall–Kier alpha value is -1.92. The molecule has 27 heavy (non-hydrogen) atoms. The van der Waals surface area contributed by atoms with Gasteiger partial charge in [-0.1, -0.05) is 29.6 Å². The van der Waals surface area contributed by atoms with Gasteiger partial charge < -0.3 is 9.42 Å². The summed E-state index contributed by atoms with van der Waals surface area (Å²) in [5, 5.41) is 4.76. The standard InChI is InChI=1S/C20H25ClN4O2/c21-17-8-6-15(7-9-17)19-22-18(27-23-19)14-24-10-3-11-25(13-12-24)20(26)16-4-1-2-5-16/h6-9,16H,1-5,10-14H2. The van der Waals surface area contributed by atoms with E-state index in [1.807, 2.05) is 24.3 Å². The monoisotopic (exact) mass is 388 g/mol. The lowest BCUT2D eigenvalue weighted by Gasteiger charge is -2.24. The van der Waals surface area contributed by atoms with E-state index in [-0.39, 0.29) is 5.92 Å². The molecule has 2 fully saturated rings. The van der Waals surface area contributed by atoms with Crippen molar-refractivity contribution in [1.29, 1.82) is 0 Å². The first-order valence-electron chi connectivity index (χ1n) is 9.79. The predicted octanol–water partition coefficient (Wildman–Crippen LogP) is 3.61. The number of carbonyl (C=O) groups excluding carboxylic acids is 1. The number of benzene rings is 1. The first-order chi connectivity index (χ1) is 13.2. The van der Waals surface area contributed by atoms with E-state index in [0.717, 1.165) is 51.0 Å². The van der Waals surface area contributed by atoms with Crippen LogP contribution in [0.1, 0.15) is 38.0 Å². The second-order valence-electron chi connectivity index (χ2n) is 7.45. The van der Waals surface area contributed by atoms with E-state index in [4.69, 9.17) is 16.1 Å². The molecule has 7 heteroatoms. The highest BCUT2D eigenvalue weighted by atomic mass is 35.5. The molecule has 0 N–H and O–H groups in total. The van der Waals surface area contributed by atoms with Crippen LogP contribution in [0.4, 0.5) is 0 Å². The predicted molar refractivity (Wildman–Crippen MR) is 103 cm³/mol. The van der Waals surface area contributed by atoms with Crippen LogP contribution in [-0.4, -0.2) is 52.0 Å². The Labute approximate surface area is 164 Å². The van der Waals surface area contributed by atoms with Gasteiger partial charge in [0.25, 0.3) is 0 Å². The fourth-order valence-corrected chi connectivity index (χ4v) is 4.13. The van der Waals surface area contributed by atoms with Gasteiger partial charge in [-0.2, -0.15) is 4.98 Å². The van der Waals surface area contributed by atoms with Crippen molar-refractivity contribution < 1.29 is 9.32 Å². The summed E-state index contributed by atoms with van der Waals surface area (Å²) in [6, 6.07) is 7.40. The van der Waals surface area contributed by atoms with Crippen LogP contribution in [0, 0.1) is 5.92 Å². The van der Waals surface area contributed by atoms with Crippen molar-refractivity contribution in [3.8, 4) is 11.4 Å². The molecular formula is C20H25ClN4O2. The summed E-state index contributed by atoms with van der Waals surface area (Å²) in [5.41, 5.74) is 0.888. The molecule has 0 radical (unpaired) electrons. The Morgan fingerprint density at radius 1 is 1.07 bits per heavy atom. The number of halogens is 1. The summed E-state index contributed by atoms with van der Waals surface area (Å²) >= 11 is 5.93. The molecule has 0 spiro atoms. The summed E-state index contributed by atoms with van der Waals surface area (Å²) in [6.45, 7) is 4.04. The number of carbonyl (C=O) groups is 1. The zero-order valence-electron chi connectivity index (χ0n) is 15.4. The van der Waals surface area contributed by atoms with Gasteiger partial charge in [-0.05, 0) is 43.5 Å². The van der Waals surface area contributed by atoms with Crippen LogP contribution in [0.5, 0.6) is 0 Å². The van der Waals surface area contributed by atoms with Gasteiger partial charge in [0.1, 0.15) is 0 Å². The SMILES string of the molecule is O=C(C1CCCC1)N1CCCN(Cc2nc(-c3ccc(Cl)cc3)no2)CC1. The fraction of sp³-hybridized carbons (Fsp3) is 0.550. The zero-order chi connectivity index (χ0) is 18.6. The maximum absolute atomic E-state index is 12.7. The molecule has 1 aromatic heterocycles. The summed E-state index contributed by atoms with van der Waals surface area (Å²) in [7, 11) is 0. The van der Waals surface area contributed by atoms with Gasteiger partial charge in [0.15, 0.2) is 0 Å². The average molecular weight is 389 g/mol. The molecule has 6 nitrogen and oxygen atoms in total. The Morgan fingerprint density at radius 3 is 2.63 bits per heavy atom. The molecule has 144 valence electrons. The lowest BCUT2D eigenvalue weighted by Crippen LogP contribution is -2.38. The van der Waals surface area contributed by atoms with Gasteiger partial charge in [0.05, 0.1) is 6.54 Å². The van der Waals surface area contributed by atoms with E-state index in [2.05, 4.69) is 19.9 Å². The van der Waals surface area contributed by atoms with Crippen molar-refractivity contribution in [3.05, 3.63) is 35.2 Å². The largest absolute Gasteiger partial charge is 0.341 e. The Balaban J connectivity index is 1.33. The minimum Gasteiger partial charge on any atom is -0.341 e. The molecule has 2 aliphatic rings. The third-order valence-electron chi connectivity index (χ3n) is 5.53. The Kier molecular flexibility index (Phi) is 5.74. The van der Waals surface area contributed by atoms with E-state index >= 15 is 0 Å². The van der Waals surface area contributed by atoms with Crippen LogP contribution in [0.25, 0.3) is 11.4 Å². The Morgan fingerprint density at radius 2 is 1.85 bits per heavy atom.